The average Bonchev–Trinajstić information content (AvgIpc) is 2.12. The Kier molecular flexibility index (Phi) is 2.59. The van der Waals surface area contributed by atoms with E-state index >= 15 is 0 Å². The predicted octanol–water partition coefficient (Wildman–Crippen LogP) is 1.80. The summed E-state index contributed by atoms with van der Waals surface area (Å²) in [6.45, 7) is 1.49. The van der Waals surface area contributed by atoms with Crippen LogP contribution in [-0.4, -0.2) is 0 Å². The summed E-state index contributed by atoms with van der Waals surface area (Å²) in [6.07, 6.45) is 0. The number of nitriles is 1. The van der Waals surface area contributed by atoms with Crippen LogP contribution in [0.25, 0.3) is 0 Å². The number of aryl methyl sites for hydroxylation is 1. The third-order valence-corrected chi connectivity index (χ3v) is 1.77. The second-order valence-electron chi connectivity index (χ2n) is 2.70. The summed E-state index contributed by atoms with van der Waals surface area (Å²) in [5.74, 6) is -1.52. The molecule has 0 spiro atoms. The molecule has 1 rings (SSSR count). The summed E-state index contributed by atoms with van der Waals surface area (Å²) < 4.78 is 26.2. The second kappa shape index (κ2) is 3.50. The van der Waals surface area contributed by atoms with Gasteiger partial charge in [-0.2, -0.15) is 5.26 Å². The number of rotatable bonds is 1. The lowest BCUT2D eigenvalue weighted by Crippen LogP contribution is -2.12. The van der Waals surface area contributed by atoms with Crippen LogP contribution in [-0.2, 0) is 0 Å². The zero-order valence-corrected chi connectivity index (χ0v) is 7.01. The normalized spacial score (nSPS) is 12.2. The maximum absolute atomic E-state index is 13.2. The molecule has 0 saturated carbocycles. The highest BCUT2D eigenvalue weighted by Gasteiger charge is 2.17. The maximum Gasteiger partial charge on any atom is 0.134 e. The van der Waals surface area contributed by atoms with E-state index in [9.17, 15) is 8.78 Å². The summed E-state index contributed by atoms with van der Waals surface area (Å²) in [6, 6.07) is 2.74. The molecule has 0 bridgehead atoms. The van der Waals surface area contributed by atoms with Gasteiger partial charge < -0.3 is 5.73 Å². The summed E-state index contributed by atoms with van der Waals surface area (Å²) in [5, 5.41) is 8.42. The Bertz CT molecular complexity index is 369. The molecule has 0 heterocycles. The number of hydrogen-bond acceptors (Lipinski definition) is 2. The van der Waals surface area contributed by atoms with Crippen molar-refractivity contribution >= 4 is 0 Å². The highest BCUT2D eigenvalue weighted by Crippen LogP contribution is 2.21. The Morgan fingerprint density at radius 1 is 1.46 bits per heavy atom. The number of benzene rings is 1. The first-order valence-corrected chi connectivity index (χ1v) is 3.67. The molecule has 0 saturated heterocycles. The highest BCUT2D eigenvalue weighted by atomic mass is 19.1. The highest BCUT2D eigenvalue weighted by molar-refractivity contribution is 5.31. The van der Waals surface area contributed by atoms with E-state index in [0.29, 0.717) is 0 Å². The molecular formula is C9H8F2N2. The van der Waals surface area contributed by atoms with Gasteiger partial charge in [0.1, 0.15) is 17.7 Å². The Morgan fingerprint density at radius 2 is 2.08 bits per heavy atom. The molecule has 0 radical (unpaired) electrons. The maximum atomic E-state index is 13.2. The Balaban J connectivity index is 3.35. The molecule has 1 aromatic carbocycles. The first kappa shape index (κ1) is 9.62. The van der Waals surface area contributed by atoms with E-state index < -0.39 is 17.7 Å². The Hall–Kier alpha value is -1.47. The van der Waals surface area contributed by atoms with Crippen molar-refractivity contribution in [2.45, 2.75) is 13.0 Å². The smallest absolute Gasteiger partial charge is 0.134 e. The van der Waals surface area contributed by atoms with Crippen LogP contribution in [0.3, 0.4) is 0 Å². The van der Waals surface area contributed by atoms with E-state index in [4.69, 9.17) is 11.0 Å². The van der Waals surface area contributed by atoms with Crippen LogP contribution < -0.4 is 5.73 Å². The molecule has 2 N–H and O–H groups in total. The van der Waals surface area contributed by atoms with Gasteiger partial charge in [-0.1, -0.05) is 6.07 Å². The van der Waals surface area contributed by atoms with Crippen molar-refractivity contribution in [2.75, 3.05) is 0 Å². The van der Waals surface area contributed by atoms with Gasteiger partial charge in [0.15, 0.2) is 0 Å². The zero-order chi connectivity index (χ0) is 10.0. The van der Waals surface area contributed by atoms with Gasteiger partial charge in [-0.05, 0) is 18.6 Å². The summed E-state index contributed by atoms with van der Waals surface area (Å²) >= 11 is 0. The third-order valence-electron chi connectivity index (χ3n) is 1.77. The molecule has 1 atom stereocenters. The Morgan fingerprint density at radius 3 is 2.62 bits per heavy atom. The number of halogens is 2. The quantitative estimate of drug-likeness (QED) is 0.719. The van der Waals surface area contributed by atoms with Crippen LogP contribution in [0.4, 0.5) is 8.78 Å². The van der Waals surface area contributed by atoms with Gasteiger partial charge in [0, 0.05) is 0 Å². The van der Waals surface area contributed by atoms with Gasteiger partial charge in [0.05, 0.1) is 11.6 Å². The van der Waals surface area contributed by atoms with E-state index in [2.05, 4.69) is 0 Å². The SMILES string of the molecule is Cc1ccc(F)c([C@H](N)C#N)c1F. The van der Waals surface area contributed by atoms with Crippen LogP contribution in [0.15, 0.2) is 12.1 Å². The average molecular weight is 182 g/mol. The largest absolute Gasteiger partial charge is 0.312 e. The first-order chi connectivity index (χ1) is 6.07. The summed E-state index contributed by atoms with van der Waals surface area (Å²) in [7, 11) is 0. The minimum absolute atomic E-state index is 0.280. The lowest BCUT2D eigenvalue weighted by Gasteiger charge is -2.07. The Labute approximate surface area is 74.6 Å². The number of hydrogen-bond donors (Lipinski definition) is 1. The topological polar surface area (TPSA) is 49.8 Å². The van der Waals surface area contributed by atoms with E-state index in [1.165, 1.54) is 13.0 Å². The van der Waals surface area contributed by atoms with Gasteiger partial charge in [-0.25, -0.2) is 8.78 Å². The van der Waals surface area contributed by atoms with E-state index in [1.807, 2.05) is 0 Å². The predicted molar refractivity (Wildman–Crippen MR) is 43.6 cm³/mol. The van der Waals surface area contributed by atoms with Crippen LogP contribution in [0, 0.1) is 29.9 Å². The molecule has 0 fully saturated rings. The molecule has 4 heteroatoms. The monoisotopic (exact) mass is 182 g/mol. The van der Waals surface area contributed by atoms with Crippen molar-refractivity contribution in [1.82, 2.24) is 0 Å². The number of nitrogens with zero attached hydrogens (tertiary/aromatic N) is 1. The molecular weight excluding hydrogens is 174 g/mol. The fourth-order valence-electron chi connectivity index (χ4n) is 1.03. The van der Waals surface area contributed by atoms with Crippen LogP contribution in [0.2, 0.25) is 0 Å². The fourth-order valence-corrected chi connectivity index (χ4v) is 1.03. The summed E-state index contributed by atoms with van der Waals surface area (Å²) in [5.41, 5.74) is 5.14. The molecule has 1 aromatic rings. The van der Waals surface area contributed by atoms with Crippen molar-refractivity contribution in [2.24, 2.45) is 5.73 Å². The van der Waals surface area contributed by atoms with Gasteiger partial charge in [-0.15, -0.1) is 0 Å². The molecule has 0 aromatic heterocycles. The van der Waals surface area contributed by atoms with Gasteiger partial charge in [0.25, 0.3) is 0 Å². The van der Waals surface area contributed by atoms with Crippen molar-refractivity contribution in [3.8, 4) is 6.07 Å². The van der Waals surface area contributed by atoms with E-state index in [1.54, 1.807) is 6.07 Å². The fraction of sp³-hybridized carbons (Fsp3) is 0.222. The lowest BCUT2D eigenvalue weighted by molar-refractivity contribution is 0.542. The standard InChI is InChI=1S/C9H8F2N2/c1-5-2-3-6(10)8(9(5)11)7(13)4-12/h2-3,7H,13H2,1H3/t7-/m1/s1. The lowest BCUT2D eigenvalue weighted by atomic mass is 10.0. The van der Waals surface area contributed by atoms with Crippen molar-refractivity contribution in [3.05, 3.63) is 34.9 Å². The van der Waals surface area contributed by atoms with Crippen LogP contribution in [0.1, 0.15) is 17.2 Å². The second-order valence-corrected chi connectivity index (χ2v) is 2.70. The van der Waals surface area contributed by atoms with Crippen LogP contribution >= 0.6 is 0 Å². The first-order valence-electron chi connectivity index (χ1n) is 3.67. The molecule has 0 aliphatic carbocycles. The number of nitrogens with two attached hydrogens (primary N) is 1. The van der Waals surface area contributed by atoms with E-state index in [-0.39, 0.29) is 11.1 Å². The minimum atomic E-state index is -1.25. The molecule has 0 aliphatic rings. The van der Waals surface area contributed by atoms with Crippen molar-refractivity contribution < 1.29 is 8.78 Å². The summed E-state index contributed by atoms with van der Waals surface area (Å²) in [4.78, 5) is 0. The van der Waals surface area contributed by atoms with Crippen LogP contribution in [0.5, 0.6) is 0 Å². The molecule has 68 valence electrons. The molecule has 2 nitrogen and oxygen atoms in total. The molecule has 13 heavy (non-hydrogen) atoms. The molecule has 0 unspecified atom stereocenters. The van der Waals surface area contributed by atoms with Crippen molar-refractivity contribution in [3.63, 3.8) is 0 Å². The van der Waals surface area contributed by atoms with Gasteiger partial charge in [0.2, 0.25) is 0 Å². The third kappa shape index (κ3) is 1.65. The van der Waals surface area contributed by atoms with Crippen molar-refractivity contribution in [1.29, 1.82) is 5.26 Å². The molecule has 0 aliphatic heterocycles. The zero-order valence-electron chi connectivity index (χ0n) is 7.01. The molecule has 0 amide bonds. The van der Waals surface area contributed by atoms with Gasteiger partial charge >= 0.3 is 0 Å². The minimum Gasteiger partial charge on any atom is -0.312 e. The van der Waals surface area contributed by atoms with Gasteiger partial charge in [-0.3, -0.25) is 0 Å². The van der Waals surface area contributed by atoms with E-state index in [0.717, 1.165) is 6.07 Å².